The molecular formula is C10H13BrN4O3S. The zero-order valence-electron chi connectivity index (χ0n) is 10.2. The number of nitrogens with zero attached hydrogens (tertiary/aromatic N) is 2. The number of sulfonamides is 1. The molecule has 19 heavy (non-hydrogen) atoms. The van der Waals surface area contributed by atoms with Crippen LogP contribution in [0.15, 0.2) is 21.6 Å². The average molecular weight is 349 g/mol. The monoisotopic (exact) mass is 348 g/mol. The molecule has 0 aromatic carbocycles. The van der Waals surface area contributed by atoms with Crippen molar-refractivity contribution in [1.82, 2.24) is 14.6 Å². The Morgan fingerprint density at radius 2 is 2.26 bits per heavy atom. The summed E-state index contributed by atoms with van der Waals surface area (Å²) in [6.45, 7) is 0.399. The number of halogens is 1. The van der Waals surface area contributed by atoms with E-state index in [2.05, 4.69) is 31.5 Å². The maximum Gasteiger partial charge on any atom is 0.247 e. The van der Waals surface area contributed by atoms with E-state index in [1.165, 1.54) is 12.3 Å². The lowest BCUT2D eigenvalue weighted by molar-refractivity contribution is -0.122. The molecule has 9 heteroatoms. The van der Waals surface area contributed by atoms with Crippen LogP contribution in [0.1, 0.15) is 0 Å². The van der Waals surface area contributed by atoms with Gasteiger partial charge in [0.2, 0.25) is 15.9 Å². The van der Waals surface area contributed by atoms with Gasteiger partial charge in [-0.15, -0.1) is 0 Å². The lowest BCUT2D eigenvalue weighted by atomic mass is 10.4. The molecule has 1 aliphatic heterocycles. The Bertz CT molecular complexity index is 605. The minimum atomic E-state index is -3.74. The van der Waals surface area contributed by atoms with Crippen LogP contribution < -0.4 is 10.6 Å². The van der Waals surface area contributed by atoms with Crippen LogP contribution in [-0.4, -0.2) is 50.3 Å². The van der Waals surface area contributed by atoms with E-state index in [-0.39, 0.29) is 29.7 Å². The Morgan fingerprint density at radius 3 is 2.89 bits per heavy atom. The van der Waals surface area contributed by atoms with Crippen LogP contribution in [0.2, 0.25) is 0 Å². The summed E-state index contributed by atoms with van der Waals surface area (Å²) in [7, 11) is -2.15. The summed E-state index contributed by atoms with van der Waals surface area (Å²) < 4.78 is 26.7. The number of carbonyl (C=O) groups excluding carboxylic acids is 1. The van der Waals surface area contributed by atoms with Crippen LogP contribution in [-0.2, 0) is 14.8 Å². The van der Waals surface area contributed by atoms with Gasteiger partial charge in [-0.05, 0) is 22.0 Å². The second kappa shape index (κ2) is 5.43. The van der Waals surface area contributed by atoms with Crippen LogP contribution in [0, 0.1) is 0 Å². The molecule has 0 radical (unpaired) electrons. The molecule has 0 saturated carbocycles. The van der Waals surface area contributed by atoms with Crippen LogP contribution in [0.25, 0.3) is 0 Å². The van der Waals surface area contributed by atoms with E-state index in [0.29, 0.717) is 11.0 Å². The van der Waals surface area contributed by atoms with Crippen molar-refractivity contribution < 1.29 is 13.2 Å². The molecule has 0 spiro atoms. The number of amides is 1. The van der Waals surface area contributed by atoms with E-state index in [1.54, 1.807) is 7.05 Å². The summed E-state index contributed by atoms with van der Waals surface area (Å²) in [4.78, 5) is 15.4. The number of rotatable bonds is 3. The maximum absolute atomic E-state index is 12.5. The highest BCUT2D eigenvalue weighted by Crippen LogP contribution is 2.25. The topological polar surface area (TPSA) is 91.4 Å². The molecule has 1 aliphatic rings. The van der Waals surface area contributed by atoms with Gasteiger partial charge < -0.3 is 10.6 Å². The number of aromatic nitrogens is 1. The van der Waals surface area contributed by atoms with Gasteiger partial charge in [-0.25, -0.2) is 13.4 Å². The lowest BCUT2D eigenvalue weighted by Gasteiger charge is -2.26. The minimum absolute atomic E-state index is 0.0547. The van der Waals surface area contributed by atoms with Gasteiger partial charge in [0.05, 0.1) is 6.54 Å². The highest BCUT2D eigenvalue weighted by Gasteiger charge is 2.31. The molecule has 1 aromatic rings. The molecule has 2 heterocycles. The van der Waals surface area contributed by atoms with Crippen molar-refractivity contribution in [3.8, 4) is 0 Å². The number of pyridine rings is 1. The van der Waals surface area contributed by atoms with Crippen LogP contribution in [0.3, 0.4) is 0 Å². The molecular weight excluding hydrogens is 336 g/mol. The third-order valence-electron chi connectivity index (χ3n) is 2.68. The molecule has 7 nitrogen and oxygen atoms in total. The van der Waals surface area contributed by atoms with Crippen LogP contribution in [0.5, 0.6) is 0 Å². The third-order valence-corrected chi connectivity index (χ3v) is 4.97. The highest BCUT2D eigenvalue weighted by molar-refractivity contribution is 9.10. The predicted molar refractivity (Wildman–Crippen MR) is 73.3 cm³/mol. The first-order valence-corrected chi connectivity index (χ1v) is 7.78. The fourth-order valence-corrected chi connectivity index (χ4v) is 3.82. The summed E-state index contributed by atoms with van der Waals surface area (Å²) in [5.74, 6) is -0.0435. The first-order valence-electron chi connectivity index (χ1n) is 5.55. The Balaban J connectivity index is 2.44. The zero-order chi connectivity index (χ0) is 14.0. The fraction of sp³-hybridized carbons (Fsp3) is 0.400. The largest absolute Gasteiger partial charge is 0.372 e. The number of hydrogen-bond acceptors (Lipinski definition) is 5. The summed E-state index contributed by atoms with van der Waals surface area (Å²) >= 11 is 3.20. The van der Waals surface area contributed by atoms with Crippen molar-refractivity contribution in [2.75, 3.05) is 32.0 Å². The Hall–Kier alpha value is -1.19. The molecule has 0 aliphatic carbocycles. The van der Waals surface area contributed by atoms with Gasteiger partial charge in [-0.1, -0.05) is 0 Å². The van der Waals surface area contributed by atoms with Gasteiger partial charge >= 0.3 is 0 Å². The Morgan fingerprint density at radius 1 is 1.53 bits per heavy atom. The zero-order valence-corrected chi connectivity index (χ0v) is 12.6. The molecule has 1 amide bonds. The van der Waals surface area contributed by atoms with Gasteiger partial charge in [-0.3, -0.25) is 4.79 Å². The SMILES string of the molecule is CNc1ncc(Br)cc1S(=O)(=O)N1CCNC(=O)C1. The minimum Gasteiger partial charge on any atom is -0.372 e. The number of anilines is 1. The van der Waals surface area contributed by atoms with Crippen LogP contribution >= 0.6 is 15.9 Å². The molecule has 0 unspecified atom stereocenters. The summed E-state index contributed by atoms with van der Waals surface area (Å²) in [5.41, 5.74) is 0. The quantitative estimate of drug-likeness (QED) is 0.802. The second-order valence-electron chi connectivity index (χ2n) is 3.94. The van der Waals surface area contributed by atoms with E-state index in [9.17, 15) is 13.2 Å². The van der Waals surface area contributed by atoms with Crippen molar-refractivity contribution in [1.29, 1.82) is 0 Å². The first kappa shape index (κ1) is 14.2. The normalized spacial score (nSPS) is 17.1. The van der Waals surface area contributed by atoms with Gasteiger partial charge in [0, 0.05) is 30.8 Å². The molecule has 1 fully saturated rings. The molecule has 1 saturated heterocycles. The van der Waals surface area contributed by atoms with E-state index in [4.69, 9.17) is 0 Å². The van der Waals surface area contributed by atoms with E-state index < -0.39 is 10.0 Å². The van der Waals surface area contributed by atoms with Crippen molar-refractivity contribution in [2.24, 2.45) is 0 Å². The lowest BCUT2D eigenvalue weighted by Crippen LogP contribution is -2.49. The predicted octanol–water partition coefficient (Wildman–Crippen LogP) is 0.00630. The fourth-order valence-electron chi connectivity index (χ4n) is 1.76. The van der Waals surface area contributed by atoms with Gasteiger partial charge in [0.15, 0.2) is 0 Å². The molecule has 0 atom stereocenters. The van der Waals surface area contributed by atoms with E-state index >= 15 is 0 Å². The second-order valence-corrected chi connectivity index (χ2v) is 6.76. The summed E-state index contributed by atoms with van der Waals surface area (Å²) in [6.07, 6.45) is 1.51. The van der Waals surface area contributed by atoms with Crippen molar-refractivity contribution in [3.05, 3.63) is 16.7 Å². The van der Waals surface area contributed by atoms with Gasteiger partial charge in [-0.2, -0.15) is 4.31 Å². The maximum atomic E-state index is 12.5. The Labute approximate surface area is 119 Å². The van der Waals surface area contributed by atoms with Crippen molar-refractivity contribution in [2.45, 2.75) is 4.90 Å². The average Bonchev–Trinajstić information content (AvgIpc) is 2.38. The Kier molecular flexibility index (Phi) is 4.07. The molecule has 2 N–H and O–H groups in total. The smallest absolute Gasteiger partial charge is 0.247 e. The molecule has 104 valence electrons. The van der Waals surface area contributed by atoms with Crippen LogP contribution in [0.4, 0.5) is 5.82 Å². The molecule has 2 rings (SSSR count). The number of nitrogens with one attached hydrogen (secondary N) is 2. The standard InChI is InChI=1S/C10H13BrN4O3S/c1-12-10-8(4-7(11)5-14-10)19(17,18)15-3-2-13-9(16)6-15/h4-5H,2-3,6H2,1H3,(H,12,14)(H,13,16). The van der Waals surface area contributed by atoms with Gasteiger partial charge in [0.1, 0.15) is 10.7 Å². The van der Waals surface area contributed by atoms with Crippen molar-refractivity contribution in [3.63, 3.8) is 0 Å². The highest BCUT2D eigenvalue weighted by atomic mass is 79.9. The number of piperazine rings is 1. The first-order chi connectivity index (χ1) is 8.95. The number of carbonyl (C=O) groups is 1. The van der Waals surface area contributed by atoms with Crippen molar-refractivity contribution >= 4 is 37.7 Å². The third kappa shape index (κ3) is 2.88. The van der Waals surface area contributed by atoms with Gasteiger partial charge in [0.25, 0.3) is 0 Å². The number of hydrogen-bond donors (Lipinski definition) is 2. The summed E-state index contributed by atoms with van der Waals surface area (Å²) in [6, 6.07) is 1.47. The van der Waals surface area contributed by atoms with E-state index in [1.807, 2.05) is 0 Å². The summed E-state index contributed by atoms with van der Waals surface area (Å²) in [5, 5.41) is 5.33. The molecule has 0 bridgehead atoms. The molecule has 1 aromatic heterocycles. The van der Waals surface area contributed by atoms with E-state index in [0.717, 1.165) is 4.31 Å².